The number of halogens is 6. The van der Waals surface area contributed by atoms with Gasteiger partial charge >= 0.3 is 17.8 Å². The van der Waals surface area contributed by atoms with Gasteiger partial charge in [0, 0.05) is 56.3 Å². The van der Waals surface area contributed by atoms with Gasteiger partial charge in [-0.05, 0) is 34.1 Å². The van der Waals surface area contributed by atoms with E-state index in [1.165, 1.54) is 52.7 Å². The Labute approximate surface area is 326 Å². The molecule has 12 heteroatoms. The van der Waals surface area contributed by atoms with Crippen molar-refractivity contribution in [1.82, 2.24) is 0 Å². The van der Waals surface area contributed by atoms with Crippen molar-refractivity contribution in [2.24, 2.45) is 0 Å². The van der Waals surface area contributed by atoms with Crippen LogP contribution in [0.15, 0.2) is 81.6 Å². The fourth-order valence-electron chi connectivity index (χ4n) is 7.38. The van der Waals surface area contributed by atoms with Crippen molar-refractivity contribution in [2.75, 3.05) is 28.4 Å². The predicted molar refractivity (Wildman–Crippen MR) is 209 cm³/mol. The molecule has 6 aromatic rings. The van der Waals surface area contributed by atoms with Gasteiger partial charge in [-0.3, -0.25) is 0 Å². The first-order chi connectivity index (χ1) is 26.6. The number of methoxy groups -OCH3 is 4. The van der Waals surface area contributed by atoms with E-state index >= 15 is 26.3 Å². The number of furan rings is 2. The van der Waals surface area contributed by atoms with Gasteiger partial charge in [0.2, 0.25) is 0 Å². The fourth-order valence-corrected chi connectivity index (χ4v) is 7.38. The monoisotopic (exact) mass is 792 g/mol. The summed E-state index contributed by atoms with van der Waals surface area (Å²) in [5, 5.41) is -0.377. The van der Waals surface area contributed by atoms with Crippen LogP contribution in [0.3, 0.4) is 0 Å². The molecule has 0 spiro atoms. The maximum atomic E-state index is 17.0. The van der Waals surface area contributed by atoms with Crippen LogP contribution in [-0.2, 0) is 10.8 Å². The van der Waals surface area contributed by atoms with E-state index in [4.69, 9.17) is 27.8 Å². The van der Waals surface area contributed by atoms with E-state index in [9.17, 15) is 0 Å². The van der Waals surface area contributed by atoms with Crippen LogP contribution >= 0.6 is 0 Å². The van der Waals surface area contributed by atoms with Gasteiger partial charge in [-0.1, -0.05) is 90.1 Å². The lowest BCUT2D eigenvalue weighted by Gasteiger charge is -2.26. The first-order valence-electron chi connectivity index (χ1n) is 18.1. The summed E-state index contributed by atoms with van der Waals surface area (Å²) in [6.45, 7) is 11.8. The van der Waals surface area contributed by atoms with Crippen molar-refractivity contribution < 1.29 is 54.1 Å². The van der Waals surface area contributed by atoms with Gasteiger partial charge in [0.15, 0.2) is 23.0 Å². The Morgan fingerprint density at radius 1 is 0.456 bits per heavy atom. The van der Waals surface area contributed by atoms with Crippen LogP contribution in [0.1, 0.15) is 63.8 Å². The molecule has 0 aliphatic heterocycles. The Kier molecular flexibility index (Phi) is 9.25. The summed E-state index contributed by atoms with van der Waals surface area (Å²) < 4.78 is 135. The number of ether oxygens (including phenoxy) is 4. The van der Waals surface area contributed by atoms with Crippen molar-refractivity contribution >= 4 is 33.1 Å². The third-order valence-electron chi connectivity index (χ3n) is 10.6. The third kappa shape index (κ3) is 6.01. The summed E-state index contributed by atoms with van der Waals surface area (Å²) in [4.78, 5) is 0. The zero-order valence-electron chi connectivity index (χ0n) is 33.1. The molecule has 0 atom stereocenters. The summed E-state index contributed by atoms with van der Waals surface area (Å²) in [5.41, 5.74) is -3.36. The van der Waals surface area contributed by atoms with Gasteiger partial charge in [0.25, 0.3) is 0 Å². The molecule has 0 radical (unpaired) electrons. The molecule has 0 unspecified atom stereocenters. The van der Waals surface area contributed by atoms with Crippen LogP contribution in [0.2, 0.25) is 0 Å². The number of hydrogen-bond acceptors (Lipinski definition) is 6. The zero-order chi connectivity index (χ0) is 41.6. The number of hydrogen-bond donors (Lipinski definition) is 0. The first-order valence-corrected chi connectivity index (χ1v) is 18.1. The molecular weight excluding hydrogens is 750 g/mol. The van der Waals surface area contributed by atoms with Gasteiger partial charge in [0.05, 0.1) is 28.4 Å². The van der Waals surface area contributed by atoms with Crippen LogP contribution < -0.4 is 18.9 Å². The maximum absolute atomic E-state index is 17.0. The Hall–Kier alpha value is -5.52. The number of allylic oxidation sites excluding steroid dienone is 2. The first kappa shape index (κ1) is 39.7. The highest BCUT2D eigenvalue weighted by Crippen LogP contribution is 2.68. The molecule has 0 bridgehead atoms. The molecule has 1 aliphatic rings. The summed E-state index contributed by atoms with van der Waals surface area (Å²) in [5.74, 6) is -17.2. The van der Waals surface area contributed by atoms with Crippen molar-refractivity contribution in [3.63, 3.8) is 0 Å². The topological polar surface area (TPSA) is 63.2 Å². The van der Waals surface area contributed by atoms with E-state index in [0.29, 0.717) is 0 Å². The Morgan fingerprint density at radius 2 is 0.754 bits per heavy atom. The Balaban J connectivity index is 1.69. The second-order valence-electron chi connectivity index (χ2n) is 16.1. The average Bonchev–Trinajstić information content (AvgIpc) is 3.74. The number of alkyl halides is 6. The van der Waals surface area contributed by atoms with Crippen LogP contribution in [0, 0.1) is 0 Å². The van der Waals surface area contributed by atoms with Gasteiger partial charge in [-0.2, -0.15) is 26.3 Å². The quantitative estimate of drug-likeness (QED) is 0.143. The number of fused-ring (bicyclic) bond motifs is 2. The lowest BCUT2D eigenvalue weighted by molar-refractivity contribution is -0.254. The van der Waals surface area contributed by atoms with Gasteiger partial charge in [-0.25, -0.2) is 0 Å². The molecule has 0 fully saturated rings. The molecule has 0 amide bonds. The molecule has 0 saturated heterocycles. The molecule has 0 saturated carbocycles. The molecule has 2 heterocycles. The minimum atomic E-state index is -5.92. The van der Waals surface area contributed by atoms with E-state index in [1.807, 2.05) is 41.5 Å². The van der Waals surface area contributed by atoms with E-state index in [2.05, 4.69) is 0 Å². The van der Waals surface area contributed by atoms with Crippen LogP contribution in [0.25, 0.3) is 55.7 Å². The minimum absolute atomic E-state index is 0.0221. The zero-order valence-corrected chi connectivity index (χ0v) is 33.1. The average molecular weight is 793 g/mol. The third-order valence-corrected chi connectivity index (χ3v) is 10.6. The maximum Gasteiger partial charge on any atom is 0.380 e. The van der Waals surface area contributed by atoms with Crippen LogP contribution in [-0.4, -0.2) is 46.2 Å². The van der Waals surface area contributed by atoms with Crippen LogP contribution in [0.4, 0.5) is 26.3 Å². The van der Waals surface area contributed by atoms with Gasteiger partial charge in [-0.15, -0.1) is 0 Å². The predicted octanol–water partition coefficient (Wildman–Crippen LogP) is 13.0. The lowest BCUT2D eigenvalue weighted by Crippen LogP contribution is -2.48. The highest BCUT2D eigenvalue weighted by Gasteiger charge is 2.81. The van der Waals surface area contributed by atoms with Crippen molar-refractivity contribution in [3.05, 3.63) is 95.1 Å². The second kappa shape index (κ2) is 13.3. The normalized spacial score (nSPS) is 16.4. The molecule has 57 heavy (non-hydrogen) atoms. The number of rotatable bonds is 8. The SMILES string of the molecule is COc1cc2oc(-c3ccc(C(C)(C)C)cc3)c(C3=C(c4c(-c5ccc(C(C)(C)C)cc5)oc5cc(OC)c(OC)cc45)C(F)(F)C(F)(F)C3(F)F)c2cc1OC. The summed E-state index contributed by atoms with van der Waals surface area (Å²) in [6, 6.07) is 18.4. The standard InChI is InChI=1S/C45H42F6O6/c1-41(2,3)25-15-11-23(12-16-25)39-35(27-19-31(52-7)33(54-9)21-29(27)56-39)37-38(44(48,49)45(50,51)43(37,46)47)36-28-20-32(53-8)34(55-10)22-30(28)57-40(36)24-13-17-26(18-14-24)42(4,5)6/h11-22H,1-10H3. The second-order valence-corrected chi connectivity index (χ2v) is 16.1. The molecular formula is C45H42F6O6. The fraction of sp³-hybridized carbons (Fsp3) is 0.333. The summed E-state index contributed by atoms with van der Waals surface area (Å²) in [6.07, 6.45) is 0. The molecule has 6 nitrogen and oxygen atoms in total. The molecule has 0 N–H and O–H groups in total. The summed E-state index contributed by atoms with van der Waals surface area (Å²) >= 11 is 0. The summed E-state index contributed by atoms with van der Waals surface area (Å²) in [7, 11) is 5.28. The van der Waals surface area contributed by atoms with E-state index in [1.54, 1.807) is 48.5 Å². The van der Waals surface area contributed by atoms with Gasteiger partial charge in [0.1, 0.15) is 22.7 Å². The largest absolute Gasteiger partial charge is 0.493 e. The smallest absolute Gasteiger partial charge is 0.380 e. The molecule has 4 aromatic carbocycles. The van der Waals surface area contributed by atoms with Crippen molar-refractivity contribution in [2.45, 2.75) is 70.1 Å². The Morgan fingerprint density at radius 3 is 1.04 bits per heavy atom. The molecule has 300 valence electrons. The van der Waals surface area contributed by atoms with E-state index < -0.39 is 40.0 Å². The highest BCUT2D eigenvalue weighted by atomic mass is 19.3. The highest BCUT2D eigenvalue weighted by molar-refractivity contribution is 6.15. The van der Waals surface area contributed by atoms with Crippen LogP contribution in [0.5, 0.6) is 23.0 Å². The van der Waals surface area contributed by atoms with Crippen molar-refractivity contribution in [3.8, 4) is 45.6 Å². The molecule has 2 aromatic heterocycles. The van der Waals surface area contributed by atoms with Crippen molar-refractivity contribution in [1.29, 1.82) is 0 Å². The molecule has 7 rings (SSSR count). The lowest BCUT2D eigenvalue weighted by atomic mass is 9.85. The van der Waals surface area contributed by atoms with E-state index in [0.717, 1.165) is 11.1 Å². The minimum Gasteiger partial charge on any atom is -0.493 e. The van der Waals surface area contributed by atoms with Gasteiger partial charge < -0.3 is 27.8 Å². The molecule has 1 aliphatic carbocycles. The Bertz CT molecular complexity index is 2370. The van der Waals surface area contributed by atoms with E-state index in [-0.39, 0.29) is 78.4 Å². The number of benzene rings is 4.